The third kappa shape index (κ3) is 2.69. The molecule has 0 fully saturated rings. The predicted octanol–water partition coefficient (Wildman–Crippen LogP) is 0.909. The summed E-state index contributed by atoms with van der Waals surface area (Å²) in [4.78, 5) is 14.5. The number of esters is 1. The predicted molar refractivity (Wildman–Crippen MR) is 48.9 cm³/mol. The van der Waals surface area contributed by atoms with E-state index in [4.69, 9.17) is 5.73 Å². The lowest BCUT2D eigenvalue weighted by molar-refractivity contribution is -0.142. The summed E-state index contributed by atoms with van der Waals surface area (Å²) in [5.74, 6) is -1.18. The molecule has 0 aromatic carbocycles. The standard InChI is InChI=1S/C9H11FN2O2/c1-2-14-8(13)5-6-3-4-7(11)9(10)12-6/h3-4H,2,5,11H2,1H3. The van der Waals surface area contributed by atoms with Gasteiger partial charge in [0.2, 0.25) is 5.95 Å². The largest absolute Gasteiger partial charge is 0.466 e. The molecule has 0 aliphatic carbocycles. The van der Waals surface area contributed by atoms with Crippen LogP contribution in [0.3, 0.4) is 0 Å². The molecule has 4 nitrogen and oxygen atoms in total. The van der Waals surface area contributed by atoms with Crippen LogP contribution in [0.25, 0.3) is 0 Å². The van der Waals surface area contributed by atoms with Gasteiger partial charge in [-0.05, 0) is 19.1 Å². The molecule has 0 spiro atoms. The molecule has 1 rings (SSSR count). The van der Waals surface area contributed by atoms with Gasteiger partial charge in [-0.3, -0.25) is 4.79 Å². The third-order valence-corrected chi connectivity index (χ3v) is 1.57. The molecule has 0 aliphatic heterocycles. The summed E-state index contributed by atoms with van der Waals surface area (Å²) in [6.07, 6.45) is -0.0367. The van der Waals surface area contributed by atoms with Crippen LogP contribution in [0.4, 0.5) is 10.1 Å². The van der Waals surface area contributed by atoms with Crippen molar-refractivity contribution in [2.75, 3.05) is 12.3 Å². The Labute approximate surface area is 80.9 Å². The van der Waals surface area contributed by atoms with Gasteiger partial charge in [0.05, 0.1) is 24.4 Å². The first kappa shape index (κ1) is 10.4. The lowest BCUT2D eigenvalue weighted by Gasteiger charge is -2.02. The SMILES string of the molecule is CCOC(=O)Cc1ccc(N)c(F)n1. The third-order valence-electron chi connectivity index (χ3n) is 1.57. The number of ether oxygens (including phenoxy) is 1. The first-order valence-corrected chi connectivity index (χ1v) is 4.20. The number of anilines is 1. The monoisotopic (exact) mass is 198 g/mol. The van der Waals surface area contributed by atoms with E-state index in [0.29, 0.717) is 12.3 Å². The van der Waals surface area contributed by atoms with Crippen molar-refractivity contribution < 1.29 is 13.9 Å². The normalized spacial score (nSPS) is 9.86. The minimum atomic E-state index is -0.758. The summed E-state index contributed by atoms with van der Waals surface area (Å²) in [6, 6.07) is 2.87. The van der Waals surface area contributed by atoms with Gasteiger partial charge >= 0.3 is 5.97 Å². The number of hydrogen-bond acceptors (Lipinski definition) is 4. The van der Waals surface area contributed by atoms with E-state index in [1.54, 1.807) is 6.92 Å². The maximum atomic E-state index is 12.8. The van der Waals surface area contributed by atoms with Crippen molar-refractivity contribution in [3.8, 4) is 0 Å². The molecule has 1 heterocycles. The van der Waals surface area contributed by atoms with Crippen molar-refractivity contribution in [2.24, 2.45) is 0 Å². The average molecular weight is 198 g/mol. The van der Waals surface area contributed by atoms with Crippen molar-refractivity contribution in [1.82, 2.24) is 4.98 Å². The fourth-order valence-electron chi connectivity index (χ4n) is 0.941. The molecule has 1 aromatic rings. The minimum absolute atomic E-state index is 0.0300. The van der Waals surface area contributed by atoms with Gasteiger partial charge in [-0.1, -0.05) is 0 Å². The average Bonchev–Trinajstić information content (AvgIpc) is 2.12. The number of nitrogens with two attached hydrogens (primary N) is 1. The van der Waals surface area contributed by atoms with Gasteiger partial charge in [-0.25, -0.2) is 4.98 Å². The number of halogens is 1. The molecule has 0 unspecified atom stereocenters. The summed E-state index contributed by atoms with van der Waals surface area (Å²) in [6.45, 7) is 2.01. The van der Waals surface area contributed by atoms with Crippen molar-refractivity contribution >= 4 is 11.7 Å². The molecule has 76 valence electrons. The summed E-state index contributed by atoms with van der Waals surface area (Å²) in [5.41, 5.74) is 5.51. The van der Waals surface area contributed by atoms with Crippen LogP contribution in [0.2, 0.25) is 0 Å². The van der Waals surface area contributed by atoms with Crippen molar-refractivity contribution in [2.45, 2.75) is 13.3 Å². The molecule has 14 heavy (non-hydrogen) atoms. The van der Waals surface area contributed by atoms with Crippen LogP contribution < -0.4 is 5.73 Å². The molecule has 1 aromatic heterocycles. The van der Waals surface area contributed by atoms with Crippen LogP contribution in [0.5, 0.6) is 0 Å². The lowest BCUT2D eigenvalue weighted by Crippen LogP contribution is -2.09. The van der Waals surface area contributed by atoms with Crippen LogP contribution in [0.15, 0.2) is 12.1 Å². The number of nitrogen functional groups attached to an aromatic ring is 1. The number of hydrogen-bond donors (Lipinski definition) is 1. The zero-order valence-corrected chi connectivity index (χ0v) is 7.79. The summed E-state index contributed by atoms with van der Waals surface area (Å²) in [7, 11) is 0. The number of nitrogens with zero attached hydrogens (tertiary/aromatic N) is 1. The minimum Gasteiger partial charge on any atom is -0.466 e. The second kappa shape index (κ2) is 4.55. The van der Waals surface area contributed by atoms with E-state index in [0.717, 1.165) is 0 Å². The Morgan fingerprint density at radius 2 is 2.36 bits per heavy atom. The van der Waals surface area contributed by atoms with E-state index in [-0.39, 0.29) is 12.1 Å². The van der Waals surface area contributed by atoms with Gasteiger partial charge in [0.15, 0.2) is 0 Å². The number of pyridine rings is 1. The van der Waals surface area contributed by atoms with Crippen LogP contribution >= 0.6 is 0 Å². The number of carbonyl (C=O) groups is 1. The first-order valence-electron chi connectivity index (χ1n) is 4.20. The van der Waals surface area contributed by atoms with Gasteiger partial charge in [0, 0.05) is 0 Å². The van der Waals surface area contributed by atoms with Gasteiger partial charge < -0.3 is 10.5 Å². The Balaban J connectivity index is 2.68. The van der Waals surface area contributed by atoms with Gasteiger partial charge in [-0.2, -0.15) is 4.39 Å². The first-order chi connectivity index (χ1) is 6.63. The second-order valence-electron chi connectivity index (χ2n) is 2.66. The molecule has 0 amide bonds. The highest BCUT2D eigenvalue weighted by atomic mass is 19.1. The lowest BCUT2D eigenvalue weighted by atomic mass is 10.2. The van der Waals surface area contributed by atoms with Crippen LogP contribution in [0, 0.1) is 5.95 Å². The van der Waals surface area contributed by atoms with E-state index in [9.17, 15) is 9.18 Å². The van der Waals surface area contributed by atoms with Crippen LogP contribution in [-0.2, 0) is 16.0 Å². The summed E-state index contributed by atoms with van der Waals surface area (Å²) < 4.78 is 17.5. The fourth-order valence-corrected chi connectivity index (χ4v) is 0.941. The van der Waals surface area contributed by atoms with E-state index >= 15 is 0 Å². The maximum absolute atomic E-state index is 12.8. The highest BCUT2D eigenvalue weighted by Crippen LogP contribution is 2.08. The van der Waals surface area contributed by atoms with Gasteiger partial charge in [-0.15, -0.1) is 0 Å². The van der Waals surface area contributed by atoms with Gasteiger partial charge in [0.25, 0.3) is 0 Å². The molecule has 0 saturated heterocycles. The van der Waals surface area contributed by atoms with Gasteiger partial charge in [0.1, 0.15) is 0 Å². The molecular formula is C9H11FN2O2. The Morgan fingerprint density at radius 1 is 1.64 bits per heavy atom. The van der Waals surface area contributed by atoms with Crippen molar-refractivity contribution in [3.63, 3.8) is 0 Å². The van der Waals surface area contributed by atoms with Crippen LogP contribution in [0.1, 0.15) is 12.6 Å². The number of rotatable bonds is 3. The maximum Gasteiger partial charge on any atom is 0.311 e. The van der Waals surface area contributed by atoms with Crippen molar-refractivity contribution in [3.05, 3.63) is 23.8 Å². The highest BCUT2D eigenvalue weighted by molar-refractivity contribution is 5.72. The summed E-state index contributed by atoms with van der Waals surface area (Å²) in [5, 5.41) is 0. The molecular weight excluding hydrogens is 187 g/mol. The molecule has 5 heteroatoms. The highest BCUT2D eigenvalue weighted by Gasteiger charge is 2.07. The summed E-state index contributed by atoms with van der Waals surface area (Å²) >= 11 is 0. The Kier molecular flexibility index (Phi) is 3.39. The zero-order chi connectivity index (χ0) is 10.6. The Morgan fingerprint density at radius 3 is 2.93 bits per heavy atom. The molecule has 0 bridgehead atoms. The van der Waals surface area contributed by atoms with E-state index in [1.807, 2.05) is 0 Å². The Hall–Kier alpha value is -1.65. The number of carbonyl (C=O) groups excluding carboxylic acids is 1. The van der Waals surface area contributed by atoms with E-state index in [1.165, 1.54) is 12.1 Å². The zero-order valence-electron chi connectivity index (χ0n) is 7.79. The smallest absolute Gasteiger partial charge is 0.311 e. The Bertz CT molecular complexity index is 342. The molecule has 0 radical (unpaired) electrons. The van der Waals surface area contributed by atoms with E-state index in [2.05, 4.69) is 9.72 Å². The molecule has 0 saturated carbocycles. The van der Waals surface area contributed by atoms with Crippen molar-refractivity contribution in [1.29, 1.82) is 0 Å². The second-order valence-corrected chi connectivity index (χ2v) is 2.66. The molecule has 0 aliphatic rings. The fraction of sp³-hybridized carbons (Fsp3) is 0.333. The van der Waals surface area contributed by atoms with E-state index < -0.39 is 11.9 Å². The van der Waals surface area contributed by atoms with Crippen LogP contribution in [-0.4, -0.2) is 17.6 Å². The topological polar surface area (TPSA) is 65.2 Å². The quantitative estimate of drug-likeness (QED) is 0.579. The molecule has 0 atom stereocenters. The molecule has 2 N–H and O–H groups in total. The number of aromatic nitrogens is 1.